The zero-order valence-electron chi connectivity index (χ0n) is 11.5. The Kier molecular flexibility index (Phi) is 3.88. The van der Waals surface area contributed by atoms with Gasteiger partial charge in [0.25, 0.3) is 4.06 Å². The molecule has 0 bridgehead atoms. The number of sulfone groups is 1. The van der Waals surface area contributed by atoms with E-state index in [1.807, 2.05) is 0 Å². The molecule has 114 valence electrons. The first-order valence-electron chi connectivity index (χ1n) is 6.37. The molecule has 0 saturated heterocycles. The number of hydrogen-bond donors (Lipinski definition) is 0. The molecule has 0 saturated carbocycles. The molecule has 0 unspecified atom stereocenters. The van der Waals surface area contributed by atoms with Crippen molar-refractivity contribution in [1.29, 1.82) is 0 Å². The smallest absolute Gasteiger partial charge is 0.265 e. The van der Waals surface area contributed by atoms with Crippen molar-refractivity contribution in [2.24, 2.45) is 0 Å². The van der Waals surface area contributed by atoms with E-state index < -0.39 is 21.4 Å². The normalized spacial score (nSPS) is 11.9. The fourth-order valence-corrected chi connectivity index (χ4v) is 6.00. The number of rotatable bonds is 3. The maximum absolute atomic E-state index is 13.7. The second kappa shape index (κ2) is 5.57. The third kappa shape index (κ3) is 2.84. The summed E-state index contributed by atoms with van der Waals surface area (Å²) >= 11 is 2.13. The third-order valence-electron chi connectivity index (χ3n) is 3.27. The molecule has 7 heteroatoms. The van der Waals surface area contributed by atoms with Crippen molar-refractivity contribution in [3.63, 3.8) is 0 Å². The highest BCUT2D eigenvalue weighted by atomic mass is 32.2. The Morgan fingerprint density at radius 1 is 1.09 bits per heavy atom. The molecule has 0 fully saturated rings. The van der Waals surface area contributed by atoms with Crippen LogP contribution in [0.5, 0.6) is 0 Å². The summed E-state index contributed by atoms with van der Waals surface area (Å²) in [6.07, 6.45) is 0. The molecule has 0 spiro atoms. The van der Waals surface area contributed by atoms with Crippen LogP contribution in [0.4, 0.5) is 4.39 Å². The van der Waals surface area contributed by atoms with Crippen molar-refractivity contribution < 1.29 is 12.8 Å². The van der Waals surface area contributed by atoms with Crippen LogP contribution in [0.2, 0.25) is 0 Å². The predicted molar refractivity (Wildman–Crippen MR) is 88.0 cm³/mol. The molecule has 1 aromatic heterocycles. The monoisotopic (exact) mass is 354 g/mol. The average Bonchev–Trinajstić information content (AvgIpc) is 2.79. The molecule has 0 N–H and O–H groups in total. The van der Waals surface area contributed by atoms with E-state index in [4.69, 9.17) is 0 Å². The number of benzene rings is 2. The second-order valence-electron chi connectivity index (χ2n) is 4.87. The van der Waals surface area contributed by atoms with Crippen molar-refractivity contribution in [3.8, 4) is 0 Å². The van der Waals surface area contributed by atoms with Crippen LogP contribution in [0, 0.1) is 12.7 Å². The fourth-order valence-electron chi connectivity index (χ4n) is 2.24. The number of halogens is 1. The van der Waals surface area contributed by atoms with Crippen LogP contribution in [0.25, 0.3) is 9.40 Å². The van der Waals surface area contributed by atoms with Gasteiger partial charge in [-0.25, -0.2) is 12.8 Å². The van der Waals surface area contributed by atoms with Crippen LogP contribution >= 0.6 is 22.7 Å². The van der Waals surface area contributed by atoms with E-state index in [9.17, 15) is 17.6 Å². The van der Waals surface area contributed by atoms with E-state index in [0.717, 1.165) is 27.4 Å². The van der Waals surface area contributed by atoms with Gasteiger partial charge in [0.1, 0.15) is 5.82 Å². The molecule has 0 aliphatic heterocycles. The topological polar surface area (TPSA) is 51.2 Å². The first-order chi connectivity index (χ1) is 10.4. The van der Waals surface area contributed by atoms with Gasteiger partial charge in [-0.15, -0.1) is 0 Å². The molecule has 3 nitrogen and oxygen atoms in total. The Bertz CT molecular complexity index is 1020. The molecule has 0 aliphatic rings. The van der Waals surface area contributed by atoms with E-state index in [1.54, 1.807) is 19.1 Å². The van der Waals surface area contributed by atoms with Gasteiger partial charge >= 0.3 is 0 Å². The standard InChI is InChI=1S/C15H11FO3S3/c1-9-6-12-13(21-15(17)20-12)7-14(9)22(18,19)8-10-4-2-3-5-11(10)16/h2-7H,8H2,1H3. The fraction of sp³-hybridized carbons (Fsp3) is 0.133. The highest BCUT2D eigenvalue weighted by molar-refractivity contribution is 7.90. The van der Waals surface area contributed by atoms with Gasteiger partial charge in [-0.1, -0.05) is 40.9 Å². The predicted octanol–water partition coefficient (Wildman–Crippen LogP) is 3.74. The van der Waals surface area contributed by atoms with E-state index in [-0.39, 0.29) is 14.5 Å². The van der Waals surface area contributed by atoms with Gasteiger partial charge in [0, 0.05) is 10.3 Å². The molecule has 1 heterocycles. The van der Waals surface area contributed by atoms with Crippen LogP contribution in [-0.2, 0) is 15.6 Å². The van der Waals surface area contributed by atoms with Gasteiger partial charge in [0.05, 0.1) is 15.3 Å². The van der Waals surface area contributed by atoms with E-state index >= 15 is 0 Å². The summed E-state index contributed by atoms with van der Waals surface area (Å²) in [4.78, 5) is 11.6. The summed E-state index contributed by atoms with van der Waals surface area (Å²) in [7, 11) is -3.68. The lowest BCUT2D eigenvalue weighted by molar-refractivity contribution is 0.586. The van der Waals surface area contributed by atoms with Crippen molar-refractivity contribution in [3.05, 3.63) is 62.2 Å². The summed E-state index contributed by atoms with van der Waals surface area (Å²) in [5.74, 6) is -0.935. The van der Waals surface area contributed by atoms with Gasteiger partial charge in [-0.2, -0.15) is 0 Å². The van der Waals surface area contributed by atoms with Gasteiger partial charge in [-0.05, 0) is 30.7 Å². The first kappa shape index (κ1) is 15.3. The van der Waals surface area contributed by atoms with Gasteiger partial charge in [-0.3, -0.25) is 4.79 Å². The molecule has 2 aromatic carbocycles. The lowest BCUT2D eigenvalue weighted by Crippen LogP contribution is -2.08. The average molecular weight is 354 g/mol. The van der Waals surface area contributed by atoms with Crippen LogP contribution in [0.3, 0.4) is 0 Å². The highest BCUT2D eigenvalue weighted by Crippen LogP contribution is 2.29. The molecule has 0 amide bonds. The Hall–Kier alpha value is -1.57. The SMILES string of the molecule is Cc1cc2sc(=O)sc2cc1S(=O)(=O)Cc1ccccc1F. The summed E-state index contributed by atoms with van der Waals surface area (Å²) < 4.78 is 40.2. The minimum absolute atomic E-state index is 0.0712. The number of aryl methyl sites for hydroxylation is 1. The van der Waals surface area contributed by atoms with Crippen LogP contribution in [0.1, 0.15) is 11.1 Å². The Balaban J connectivity index is 2.10. The molecule has 3 rings (SSSR count). The van der Waals surface area contributed by atoms with E-state index in [1.165, 1.54) is 24.3 Å². The quantitative estimate of drug-likeness (QED) is 0.720. The van der Waals surface area contributed by atoms with Gasteiger partial charge in [0.15, 0.2) is 9.84 Å². The summed E-state index contributed by atoms with van der Waals surface area (Å²) in [5.41, 5.74) is 0.707. The minimum Gasteiger partial charge on any atom is -0.265 e. The molecule has 22 heavy (non-hydrogen) atoms. The number of hydrogen-bond acceptors (Lipinski definition) is 5. The maximum Gasteiger partial charge on any atom is 0.288 e. The Labute approximate surface area is 134 Å². The van der Waals surface area contributed by atoms with Crippen molar-refractivity contribution in [1.82, 2.24) is 0 Å². The van der Waals surface area contributed by atoms with E-state index in [2.05, 4.69) is 0 Å². The third-order valence-corrected chi connectivity index (χ3v) is 7.15. The minimum atomic E-state index is -3.68. The Morgan fingerprint density at radius 3 is 2.41 bits per heavy atom. The number of fused-ring (bicyclic) bond motifs is 1. The summed E-state index contributed by atoms with van der Waals surface area (Å²) in [6, 6.07) is 9.05. The van der Waals surface area contributed by atoms with Gasteiger partial charge in [0.2, 0.25) is 0 Å². The lowest BCUT2D eigenvalue weighted by Gasteiger charge is -2.08. The van der Waals surface area contributed by atoms with Crippen LogP contribution < -0.4 is 4.06 Å². The first-order valence-corrected chi connectivity index (χ1v) is 9.66. The lowest BCUT2D eigenvalue weighted by atomic mass is 10.2. The maximum atomic E-state index is 13.7. The Morgan fingerprint density at radius 2 is 1.73 bits per heavy atom. The molecular weight excluding hydrogens is 343 g/mol. The zero-order valence-corrected chi connectivity index (χ0v) is 13.9. The van der Waals surface area contributed by atoms with E-state index in [0.29, 0.717) is 10.3 Å². The molecule has 0 aliphatic carbocycles. The van der Waals surface area contributed by atoms with Gasteiger partial charge < -0.3 is 0 Å². The molecule has 3 aromatic rings. The van der Waals surface area contributed by atoms with Crippen LogP contribution in [-0.4, -0.2) is 8.42 Å². The summed E-state index contributed by atoms with van der Waals surface area (Å²) in [6.45, 7) is 1.68. The molecular formula is C15H11FO3S3. The van der Waals surface area contributed by atoms with Crippen molar-refractivity contribution in [2.45, 2.75) is 17.6 Å². The van der Waals surface area contributed by atoms with Crippen LogP contribution in [0.15, 0.2) is 46.1 Å². The second-order valence-corrected chi connectivity index (χ2v) is 9.11. The highest BCUT2D eigenvalue weighted by Gasteiger charge is 2.21. The zero-order chi connectivity index (χ0) is 15.9. The summed E-state index contributed by atoms with van der Waals surface area (Å²) in [5, 5.41) is 0. The van der Waals surface area contributed by atoms with Crippen molar-refractivity contribution >= 4 is 41.9 Å². The molecule has 0 atom stereocenters. The molecule has 0 radical (unpaired) electrons. The van der Waals surface area contributed by atoms with Crippen molar-refractivity contribution in [2.75, 3.05) is 0 Å². The largest absolute Gasteiger partial charge is 0.288 e.